The molecule has 0 aliphatic heterocycles. The minimum atomic E-state index is -0.810. The van der Waals surface area contributed by atoms with Crippen LogP contribution in [-0.4, -0.2) is 21.5 Å². The highest BCUT2D eigenvalue weighted by Gasteiger charge is 2.19. The molecule has 3 amide bonds. The van der Waals surface area contributed by atoms with Crippen molar-refractivity contribution in [2.24, 2.45) is 0 Å². The first kappa shape index (κ1) is 21.2. The molecule has 3 N–H and O–H groups in total. The second kappa shape index (κ2) is 9.31. The van der Waals surface area contributed by atoms with E-state index in [1.807, 2.05) is 0 Å². The highest BCUT2D eigenvalue weighted by atomic mass is 32.1. The summed E-state index contributed by atoms with van der Waals surface area (Å²) in [6.45, 7) is -0.619. The molecule has 12 heteroatoms. The Morgan fingerprint density at radius 3 is 2.03 bits per heavy atom. The number of hydrogen-bond donors (Lipinski definition) is 3. The van der Waals surface area contributed by atoms with Gasteiger partial charge in [0, 0.05) is 35.7 Å². The zero-order valence-electron chi connectivity index (χ0n) is 15.0. The summed E-state index contributed by atoms with van der Waals surface area (Å²) in [7, 11) is 0. The van der Waals surface area contributed by atoms with Crippen molar-refractivity contribution in [3.05, 3.63) is 76.5 Å². The van der Waals surface area contributed by atoms with E-state index in [2.05, 4.69) is 25.5 Å². The number of halogens is 4. The number of urea groups is 1. The molecule has 0 bridgehead atoms. The van der Waals surface area contributed by atoms with Gasteiger partial charge >= 0.3 is 6.03 Å². The monoisotopic (exact) mass is 439 g/mol. The lowest BCUT2D eigenvalue weighted by atomic mass is 10.2. The van der Waals surface area contributed by atoms with Gasteiger partial charge in [0.15, 0.2) is 10.7 Å². The topological polar surface area (TPSA) is 96.0 Å². The minimum absolute atomic E-state index is 0.0237. The molecule has 2 aromatic carbocycles. The summed E-state index contributed by atoms with van der Waals surface area (Å²) in [6.07, 6.45) is 0. The average molecular weight is 439 g/mol. The summed E-state index contributed by atoms with van der Waals surface area (Å²) in [4.78, 5) is 24.3. The lowest BCUT2D eigenvalue weighted by molar-refractivity contribution is 0.0946. The van der Waals surface area contributed by atoms with Crippen LogP contribution in [0.25, 0.3) is 0 Å². The van der Waals surface area contributed by atoms with Crippen molar-refractivity contribution in [1.29, 1.82) is 0 Å². The second-order valence-corrected chi connectivity index (χ2v) is 6.67. The largest absolute Gasteiger partial charge is 0.346 e. The van der Waals surface area contributed by atoms with Gasteiger partial charge in [0.25, 0.3) is 5.91 Å². The number of carbonyl (C=O) groups excluding carboxylic acids is 2. The number of nitrogens with zero attached hydrogens (tertiary/aromatic N) is 2. The number of carbonyl (C=O) groups is 2. The van der Waals surface area contributed by atoms with E-state index in [1.165, 1.54) is 0 Å². The van der Waals surface area contributed by atoms with Gasteiger partial charge in [-0.3, -0.25) is 10.1 Å². The maximum atomic E-state index is 13.6. The summed E-state index contributed by atoms with van der Waals surface area (Å²) in [6, 6.07) is 4.82. The molecule has 1 aromatic heterocycles. The van der Waals surface area contributed by atoms with Crippen LogP contribution in [0.15, 0.2) is 36.4 Å². The van der Waals surface area contributed by atoms with E-state index in [0.717, 1.165) is 36.4 Å². The predicted molar refractivity (Wildman–Crippen MR) is 99.7 cm³/mol. The summed E-state index contributed by atoms with van der Waals surface area (Å²) in [5.74, 6) is -3.49. The Morgan fingerprint density at radius 1 is 0.867 bits per heavy atom. The lowest BCUT2D eigenvalue weighted by Gasteiger charge is -2.08. The molecule has 0 unspecified atom stereocenters. The van der Waals surface area contributed by atoms with Gasteiger partial charge in [-0.25, -0.2) is 22.4 Å². The summed E-state index contributed by atoms with van der Waals surface area (Å²) < 4.78 is 57.1. The Hall–Kier alpha value is -3.54. The van der Waals surface area contributed by atoms with Gasteiger partial charge in [0.1, 0.15) is 23.3 Å². The van der Waals surface area contributed by atoms with Crippen LogP contribution in [0.5, 0.6) is 0 Å². The van der Waals surface area contributed by atoms with Crippen LogP contribution in [0.2, 0.25) is 0 Å². The van der Waals surface area contributed by atoms with Crippen LogP contribution in [0.4, 0.5) is 27.4 Å². The Morgan fingerprint density at radius 2 is 1.43 bits per heavy atom. The second-order valence-electron chi connectivity index (χ2n) is 5.91. The fourth-order valence-corrected chi connectivity index (χ4v) is 2.92. The van der Waals surface area contributed by atoms with Crippen molar-refractivity contribution < 1.29 is 27.2 Å². The van der Waals surface area contributed by atoms with Gasteiger partial charge in [0.05, 0.1) is 0 Å². The predicted octanol–water partition coefficient (Wildman–Crippen LogP) is 3.35. The summed E-state index contributed by atoms with van der Waals surface area (Å²) in [5.41, 5.74) is -0.387. The molecule has 0 saturated heterocycles. The standard InChI is InChI=1S/C18H13F4N5O2S/c19-11-1-3-13(21)9(5-11)7-23-16(28)15-17(30-27-26-15)25-18(29)24-8-10-6-12(20)2-4-14(10)22/h1-6H,7-8H2,(H,23,28)(H2,24,25,29). The van der Waals surface area contributed by atoms with Crippen molar-refractivity contribution in [2.75, 3.05) is 5.32 Å². The molecule has 0 aliphatic rings. The SMILES string of the molecule is O=C(NCc1cc(F)ccc1F)Nc1snnc1C(=O)NCc1cc(F)ccc1F. The van der Waals surface area contributed by atoms with Crippen molar-refractivity contribution >= 4 is 28.5 Å². The van der Waals surface area contributed by atoms with E-state index in [4.69, 9.17) is 0 Å². The molecule has 0 aliphatic carbocycles. The van der Waals surface area contributed by atoms with E-state index in [9.17, 15) is 27.2 Å². The molecule has 156 valence electrons. The molecular formula is C18H13F4N5O2S. The van der Waals surface area contributed by atoms with Gasteiger partial charge in [0.2, 0.25) is 0 Å². The van der Waals surface area contributed by atoms with Crippen LogP contribution in [0.1, 0.15) is 21.6 Å². The number of nitrogens with one attached hydrogen (secondary N) is 3. The van der Waals surface area contributed by atoms with E-state index < -0.39 is 35.2 Å². The fraction of sp³-hybridized carbons (Fsp3) is 0.111. The lowest BCUT2D eigenvalue weighted by Crippen LogP contribution is -2.30. The number of rotatable bonds is 6. The highest BCUT2D eigenvalue weighted by molar-refractivity contribution is 7.10. The van der Waals surface area contributed by atoms with Gasteiger partial charge in [-0.05, 0) is 36.4 Å². The van der Waals surface area contributed by atoms with E-state index >= 15 is 0 Å². The normalized spacial score (nSPS) is 10.5. The molecule has 30 heavy (non-hydrogen) atoms. The van der Waals surface area contributed by atoms with Gasteiger partial charge in [-0.2, -0.15) is 0 Å². The quantitative estimate of drug-likeness (QED) is 0.514. The number of benzene rings is 2. The van der Waals surface area contributed by atoms with Crippen LogP contribution in [0.3, 0.4) is 0 Å². The Bertz CT molecular complexity index is 1090. The maximum absolute atomic E-state index is 13.6. The first-order valence-electron chi connectivity index (χ1n) is 8.36. The molecule has 0 atom stereocenters. The molecule has 0 saturated carbocycles. The molecule has 0 fully saturated rings. The third-order valence-corrected chi connectivity index (χ3v) is 4.47. The Kier molecular flexibility index (Phi) is 6.57. The van der Waals surface area contributed by atoms with Crippen molar-refractivity contribution in [1.82, 2.24) is 20.2 Å². The van der Waals surface area contributed by atoms with Crippen molar-refractivity contribution in [3.8, 4) is 0 Å². The van der Waals surface area contributed by atoms with E-state index in [-0.39, 0.29) is 34.9 Å². The molecule has 0 radical (unpaired) electrons. The number of amides is 3. The fourth-order valence-electron chi connectivity index (χ4n) is 2.36. The van der Waals surface area contributed by atoms with E-state index in [1.54, 1.807) is 0 Å². The zero-order chi connectivity index (χ0) is 21.7. The Labute approximate surface area is 171 Å². The summed E-state index contributed by atoms with van der Waals surface area (Å²) in [5, 5.41) is 10.6. The maximum Gasteiger partial charge on any atom is 0.320 e. The third kappa shape index (κ3) is 5.29. The van der Waals surface area contributed by atoms with Crippen molar-refractivity contribution in [3.63, 3.8) is 0 Å². The average Bonchev–Trinajstić information content (AvgIpc) is 3.17. The van der Waals surface area contributed by atoms with Crippen LogP contribution < -0.4 is 16.0 Å². The number of aromatic nitrogens is 2. The molecular weight excluding hydrogens is 426 g/mol. The van der Waals surface area contributed by atoms with Crippen LogP contribution >= 0.6 is 11.5 Å². The molecule has 3 rings (SSSR count). The van der Waals surface area contributed by atoms with Crippen molar-refractivity contribution in [2.45, 2.75) is 13.1 Å². The minimum Gasteiger partial charge on any atom is -0.346 e. The smallest absolute Gasteiger partial charge is 0.320 e. The molecule has 1 heterocycles. The third-order valence-electron chi connectivity index (χ3n) is 3.82. The summed E-state index contributed by atoms with van der Waals surface area (Å²) >= 11 is 0.699. The van der Waals surface area contributed by atoms with Gasteiger partial charge in [-0.15, -0.1) is 5.10 Å². The highest BCUT2D eigenvalue weighted by Crippen LogP contribution is 2.18. The van der Waals surface area contributed by atoms with Crippen LogP contribution in [-0.2, 0) is 13.1 Å². The number of anilines is 1. The zero-order valence-corrected chi connectivity index (χ0v) is 15.8. The van der Waals surface area contributed by atoms with Crippen LogP contribution in [0, 0.1) is 23.3 Å². The molecule has 7 nitrogen and oxygen atoms in total. The molecule has 0 spiro atoms. The first-order valence-corrected chi connectivity index (χ1v) is 9.14. The first-order chi connectivity index (χ1) is 14.3. The van der Waals surface area contributed by atoms with Gasteiger partial charge < -0.3 is 10.6 Å². The Balaban J connectivity index is 1.59. The molecule has 3 aromatic rings. The van der Waals surface area contributed by atoms with E-state index in [0.29, 0.717) is 11.5 Å². The van der Waals surface area contributed by atoms with Gasteiger partial charge in [-0.1, -0.05) is 4.49 Å². The number of hydrogen-bond acceptors (Lipinski definition) is 5.